The van der Waals surface area contributed by atoms with E-state index in [1.165, 1.54) is 24.2 Å². The Bertz CT molecular complexity index is 632. The Morgan fingerprint density at radius 2 is 1.95 bits per heavy atom. The molecule has 2 saturated carbocycles. The molecular weight excluding hydrogens is 286 g/mol. The lowest BCUT2D eigenvalue weighted by molar-refractivity contribution is -0.127. The number of rotatable bonds is 2. The van der Waals surface area contributed by atoms with Gasteiger partial charge in [-0.05, 0) is 47.8 Å². The predicted octanol–water partition coefficient (Wildman–Crippen LogP) is 3.17. The van der Waals surface area contributed by atoms with Crippen LogP contribution in [0, 0.1) is 17.8 Å². The van der Waals surface area contributed by atoms with Crippen molar-refractivity contribution in [2.75, 3.05) is 7.05 Å². The molecule has 4 heteroatoms. The maximum Gasteiger partial charge on any atom is 0.260 e. The van der Waals surface area contributed by atoms with Gasteiger partial charge < -0.3 is 0 Å². The number of fused-ring (bicyclic) bond motifs is 2. The number of hydrogen-bond acceptors (Lipinski definition) is 2. The minimum atomic E-state index is -0.206. The summed E-state index contributed by atoms with van der Waals surface area (Å²) >= 11 is 6.67. The molecule has 0 radical (unpaired) electrons. The van der Waals surface area contributed by atoms with Crippen LogP contribution in [-0.2, 0) is 11.2 Å². The van der Waals surface area contributed by atoms with E-state index >= 15 is 0 Å². The molecule has 2 fully saturated rings. The predicted molar refractivity (Wildman–Crippen MR) is 80.2 cm³/mol. The lowest BCUT2D eigenvalue weighted by Crippen LogP contribution is -2.39. The number of carbonyl (C=O) groups excluding carboxylic acids is 2. The Kier molecular flexibility index (Phi) is 2.90. The lowest BCUT2D eigenvalue weighted by Gasteiger charge is -2.24. The number of halogens is 1. The van der Waals surface area contributed by atoms with Crippen molar-refractivity contribution in [1.29, 1.82) is 0 Å². The van der Waals surface area contributed by atoms with E-state index in [2.05, 4.69) is 0 Å². The van der Waals surface area contributed by atoms with Crippen molar-refractivity contribution >= 4 is 23.4 Å². The van der Waals surface area contributed by atoms with Gasteiger partial charge in [-0.1, -0.05) is 18.6 Å². The topological polar surface area (TPSA) is 37.4 Å². The van der Waals surface area contributed by atoms with E-state index in [0.29, 0.717) is 17.9 Å². The Balaban J connectivity index is 1.64. The first-order chi connectivity index (χ1) is 10.1. The highest BCUT2D eigenvalue weighted by atomic mass is 35.5. The minimum Gasteiger partial charge on any atom is -0.281 e. The molecule has 1 heterocycles. The standard InChI is InChI=1S/C17H18ClNO2/c1-19-14(20)8-9-5-6-10(7-13(9)17(19)21)16(18)15-11-3-2-4-12(11)15/h5-7,11-12,15-16H,2-4,8H2,1H3. The quantitative estimate of drug-likeness (QED) is 0.621. The Morgan fingerprint density at radius 1 is 1.24 bits per heavy atom. The van der Waals surface area contributed by atoms with Crippen LogP contribution in [0.15, 0.2) is 18.2 Å². The van der Waals surface area contributed by atoms with Gasteiger partial charge in [0.05, 0.1) is 11.8 Å². The third-order valence-corrected chi connectivity index (χ3v) is 6.06. The van der Waals surface area contributed by atoms with Gasteiger partial charge in [0, 0.05) is 12.6 Å². The van der Waals surface area contributed by atoms with Crippen molar-refractivity contribution in [1.82, 2.24) is 4.90 Å². The Labute approximate surface area is 129 Å². The first-order valence-corrected chi connectivity index (χ1v) is 8.09. The molecule has 0 N–H and O–H groups in total. The Hall–Kier alpha value is -1.35. The second-order valence-corrected chi connectivity index (χ2v) is 7.06. The average Bonchev–Trinajstić information content (AvgIpc) is 2.96. The number of hydrogen-bond donors (Lipinski definition) is 0. The summed E-state index contributed by atoms with van der Waals surface area (Å²) in [6, 6.07) is 5.81. The van der Waals surface area contributed by atoms with Crippen LogP contribution in [-0.4, -0.2) is 23.8 Å². The van der Waals surface area contributed by atoms with Gasteiger partial charge >= 0.3 is 0 Å². The van der Waals surface area contributed by atoms with Gasteiger partial charge in [0.15, 0.2) is 0 Å². The second kappa shape index (κ2) is 4.57. The van der Waals surface area contributed by atoms with Crippen LogP contribution in [0.25, 0.3) is 0 Å². The number of likely N-dealkylation sites (N-methyl/N-ethyl adjacent to an activating group) is 1. The summed E-state index contributed by atoms with van der Waals surface area (Å²) in [4.78, 5) is 25.2. The van der Waals surface area contributed by atoms with Crippen LogP contribution >= 0.6 is 11.6 Å². The number of alkyl halides is 1. The average molecular weight is 304 g/mol. The molecule has 3 unspecified atom stereocenters. The molecule has 0 bridgehead atoms. The summed E-state index contributed by atoms with van der Waals surface area (Å²) in [6.45, 7) is 0. The first-order valence-electron chi connectivity index (χ1n) is 7.65. The zero-order valence-electron chi connectivity index (χ0n) is 12.0. The summed E-state index contributed by atoms with van der Waals surface area (Å²) < 4.78 is 0. The van der Waals surface area contributed by atoms with Gasteiger partial charge in [-0.15, -0.1) is 11.6 Å². The van der Waals surface area contributed by atoms with Crippen molar-refractivity contribution in [3.8, 4) is 0 Å². The lowest BCUT2D eigenvalue weighted by atomic mass is 9.93. The summed E-state index contributed by atoms with van der Waals surface area (Å²) in [5.74, 6) is 1.82. The first kappa shape index (κ1) is 13.3. The van der Waals surface area contributed by atoms with Gasteiger partial charge in [0.1, 0.15) is 0 Å². The molecule has 4 rings (SSSR count). The maximum absolute atomic E-state index is 12.2. The van der Waals surface area contributed by atoms with Crippen molar-refractivity contribution in [3.05, 3.63) is 34.9 Å². The molecule has 1 aliphatic heterocycles. The molecule has 2 amide bonds. The highest BCUT2D eigenvalue weighted by molar-refractivity contribution is 6.21. The fourth-order valence-corrected chi connectivity index (χ4v) is 4.74. The monoisotopic (exact) mass is 303 g/mol. The molecule has 1 aromatic carbocycles. The van der Waals surface area contributed by atoms with Crippen LogP contribution in [0.4, 0.5) is 0 Å². The van der Waals surface area contributed by atoms with Crippen molar-refractivity contribution in [2.24, 2.45) is 17.8 Å². The van der Waals surface area contributed by atoms with Crippen molar-refractivity contribution in [3.63, 3.8) is 0 Å². The van der Waals surface area contributed by atoms with E-state index in [1.54, 1.807) is 7.05 Å². The zero-order valence-corrected chi connectivity index (χ0v) is 12.8. The van der Waals surface area contributed by atoms with Gasteiger partial charge in [-0.2, -0.15) is 0 Å². The van der Waals surface area contributed by atoms with E-state index < -0.39 is 0 Å². The summed E-state index contributed by atoms with van der Waals surface area (Å²) in [6.07, 6.45) is 4.25. The van der Waals surface area contributed by atoms with Crippen LogP contribution in [0.2, 0.25) is 0 Å². The molecule has 0 spiro atoms. The third-order valence-electron chi connectivity index (χ3n) is 5.51. The highest BCUT2D eigenvalue weighted by Crippen LogP contribution is 2.63. The number of amides is 2. The molecule has 110 valence electrons. The molecule has 3 nitrogen and oxygen atoms in total. The molecular formula is C17H18ClNO2. The minimum absolute atomic E-state index is 0.00124. The number of imide groups is 1. The smallest absolute Gasteiger partial charge is 0.260 e. The SMILES string of the molecule is CN1C(=O)Cc2ccc(C(Cl)C3C4CCCC43)cc2C1=O. The zero-order chi connectivity index (χ0) is 14.7. The van der Waals surface area contributed by atoms with Crippen molar-refractivity contribution in [2.45, 2.75) is 31.1 Å². The number of nitrogens with zero attached hydrogens (tertiary/aromatic N) is 1. The third kappa shape index (κ3) is 1.94. The fourth-order valence-electron chi connectivity index (χ4n) is 4.23. The van der Waals surface area contributed by atoms with Gasteiger partial charge in [0.2, 0.25) is 5.91 Å². The molecule has 3 aliphatic rings. The van der Waals surface area contributed by atoms with E-state index in [1.807, 2.05) is 18.2 Å². The highest BCUT2D eigenvalue weighted by Gasteiger charge is 2.55. The van der Waals surface area contributed by atoms with Crippen LogP contribution in [0.1, 0.15) is 46.1 Å². The summed E-state index contributed by atoms with van der Waals surface area (Å²) in [5, 5.41) is 0.00124. The molecule has 0 saturated heterocycles. The molecule has 0 aromatic heterocycles. The van der Waals surface area contributed by atoms with Gasteiger partial charge in [-0.25, -0.2) is 0 Å². The van der Waals surface area contributed by atoms with E-state index in [0.717, 1.165) is 23.0 Å². The summed E-state index contributed by atoms with van der Waals surface area (Å²) in [7, 11) is 1.55. The molecule has 3 atom stereocenters. The van der Waals surface area contributed by atoms with Crippen molar-refractivity contribution < 1.29 is 9.59 Å². The van der Waals surface area contributed by atoms with E-state index in [4.69, 9.17) is 11.6 Å². The molecule has 2 aliphatic carbocycles. The van der Waals surface area contributed by atoms with E-state index in [-0.39, 0.29) is 17.2 Å². The van der Waals surface area contributed by atoms with E-state index in [9.17, 15) is 9.59 Å². The number of benzene rings is 1. The largest absolute Gasteiger partial charge is 0.281 e. The van der Waals surface area contributed by atoms with Gasteiger partial charge in [0.25, 0.3) is 5.91 Å². The Morgan fingerprint density at radius 3 is 2.67 bits per heavy atom. The van der Waals surface area contributed by atoms with Crippen LogP contribution < -0.4 is 0 Å². The second-order valence-electron chi connectivity index (χ2n) is 6.59. The summed E-state index contributed by atoms with van der Waals surface area (Å²) in [5.41, 5.74) is 2.50. The fraction of sp³-hybridized carbons (Fsp3) is 0.529. The van der Waals surface area contributed by atoms with Gasteiger partial charge in [-0.3, -0.25) is 14.5 Å². The number of carbonyl (C=O) groups is 2. The normalized spacial score (nSPS) is 31.9. The molecule has 21 heavy (non-hydrogen) atoms. The molecule has 1 aromatic rings. The van der Waals surface area contributed by atoms with Crippen LogP contribution in [0.5, 0.6) is 0 Å². The van der Waals surface area contributed by atoms with Crippen LogP contribution in [0.3, 0.4) is 0 Å². The maximum atomic E-state index is 12.2.